The molecule has 1 heterocycles. The van der Waals surface area contributed by atoms with Crippen LogP contribution in [0.4, 0.5) is 4.39 Å². The van der Waals surface area contributed by atoms with E-state index in [4.69, 9.17) is 27.9 Å². The molecule has 3 aromatic rings. The molecule has 0 aliphatic carbocycles. The van der Waals surface area contributed by atoms with Crippen LogP contribution in [0.2, 0.25) is 10.0 Å². The summed E-state index contributed by atoms with van der Waals surface area (Å²) >= 11 is 12.2. The fourth-order valence-electron chi connectivity index (χ4n) is 3.03. The number of carbonyl (C=O) groups excluding carboxylic acids is 1. The van der Waals surface area contributed by atoms with E-state index in [1.54, 1.807) is 31.2 Å². The van der Waals surface area contributed by atoms with E-state index in [9.17, 15) is 9.18 Å². The number of esters is 1. The highest BCUT2D eigenvalue weighted by atomic mass is 35.5. The molecule has 0 aliphatic rings. The quantitative estimate of drug-likeness (QED) is 0.505. The summed E-state index contributed by atoms with van der Waals surface area (Å²) in [4.78, 5) is 16.6. The van der Waals surface area contributed by atoms with Crippen molar-refractivity contribution in [3.8, 4) is 11.1 Å². The van der Waals surface area contributed by atoms with Crippen molar-refractivity contribution in [2.24, 2.45) is 0 Å². The summed E-state index contributed by atoms with van der Waals surface area (Å²) in [6, 6.07) is 7.85. The van der Waals surface area contributed by atoms with Gasteiger partial charge in [0.1, 0.15) is 5.82 Å². The lowest BCUT2D eigenvalue weighted by atomic mass is 9.95. The Kier molecular flexibility index (Phi) is 5.44. The highest BCUT2D eigenvalue weighted by molar-refractivity contribution is 6.35. The Morgan fingerprint density at radius 1 is 1.15 bits per heavy atom. The first kappa shape index (κ1) is 18.6. The first-order valence-electron chi connectivity index (χ1n) is 8.19. The third-order valence-electron chi connectivity index (χ3n) is 4.10. The standard InChI is InChI=1S/C20H16Cl2FNO2/c1-3-14-15-5-6-17(23)18(11-7-12(21)9-13(22)8-11)19(15)24-10-16(14)20(25)26-4-2/h5-10H,3-4H2,1-2H3. The summed E-state index contributed by atoms with van der Waals surface area (Å²) < 4.78 is 19.8. The predicted molar refractivity (Wildman–Crippen MR) is 102 cm³/mol. The van der Waals surface area contributed by atoms with Crippen LogP contribution >= 0.6 is 23.2 Å². The monoisotopic (exact) mass is 391 g/mol. The number of fused-ring (bicyclic) bond motifs is 1. The Bertz CT molecular complexity index is 985. The van der Waals surface area contributed by atoms with Crippen LogP contribution in [0, 0.1) is 5.82 Å². The molecule has 0 fully saturated rings. The van der Waals surface area contributed by atoms with Crippen molar-refractivity contribution < 1.29 is 13.9 Å². The molecule has 0 saturated carbocycles. The third kappa shape index (κ3) is 3.39. The normalized spacial score (nSPS) is 11.0. The molecule has 0 saturated heterocycles. The number of aryl methyl sites for hydroxylation is 1. The van der Waals surface area contributed by atoms with Crippen molar-refractivity contribution in [1.82, 2.24) is 4.98 Å². The van der Waals surface area contributed by atoms with Crippen LogP contribution in [-0.4, -0.2) is 17.6 Å². The van der Waals surface area contributed by atoms with Crippen molar-refractivity contribution in [1.29, 1.82) is 0 Å². The van der Waals surface area contributed by atoms with Crippen LogP contribution in [0.5, 0.6) is 0 Å². The second kappa shape index (κ2) is 7.60. The molecule has 0 spiro atoms. The number of nitrogens with zero attached hydrogens (tertiary/aromatic N) is 1. The molecule has 0 unspecified atom stereocenters. The van der Waals surface area contributed by atoms with Gasteiger partial charge in [-0.2, -0.15) is 0 Å². The molecule has 26 heavy (non-hydrogen) atoms. The molecular formula is C20H16Cl2FNO2. The van der Waals surface area contributed by atoms with Gasteiger partial charge in [0, 0.05) is 27.2 Å². The van der Waals surface area contributed by atoms with Gasteiger partial charge in [0.25, 0.3) is 0 Å². The number of rotatable bonds is 4. The van der Waals surface area contributed by atoms with Crippen LogP contribution in [0.3, 0.4) is 0 Å². The largest absolute Gasteiger partial charge is 0.462 e. The lowest BCUT2D eigenvalue weighted by molar-refractivity contribution is 0.0525. The summed E-state index contributed by atoms with van der Waals surface area (Å²) in [6.45, 7) is 3.95. The topological polar surface area (TPSA) is 39.2 Å². The molecule has 3 rings (SSSR count). The van der Waals surface area contributed by atoms with Gasteiger partial charge >= 0.3 is 5.97 Å². The smallest absolute Gasteiger partial charge is 0.339 e. The minimum atomic E-state index is -0.436. The number of ether oxygens (including phenoxy) is 1. The van der Waals surface area contributed by atoms with Crippen LogP contribution in [0.1, 0.15) is 29.8 Å². The molecule has 0 amide bonds. The first-order chi connectivity index (χ1) is 12.5. The summed E-state index contributed by atoms with van der Waals surface area (Å²) in [5.74, 6) is -0.871. The zero-order valence-corrected chi connectivity index (χ0v) is 15.8. The SMILES string of the molecule is CCOC(=O)c1cnc2c(-c3cc(Cl)cc(Cl)c3)c(F)ccc2c1CC. The van der Waals surface area contributed by atoms with Crippen LogP contribution in [0.15, 0.2) is 36.5 Å². The molecule has 3 nitrogen and oxygen atoms in total. The Balaban J connectivity index is 2.31. The van der Waals surface area contributed by atoms with Gasteiger partial charge in [0.15, 0.2) is 0 Å². The number of benzene rings is 2. The number of pyridine rings is 1. The summed E-state index contributed by atoms with van der Waals surface area (Å²) in [7, 11) is 0. The number of carbonyl (C=O) groups is 1. The molecule has 0 aliphatic heterocycles. The van der Waals surface area contributed by atoms with Crippen LogP contribution < -0.4 is 0 Å². The van der Waals surface area contributed by atoms with Crippen molar-refractivity contribution in [3.05, 3.63) is 63.5 Å². The lowest BCUT2D eigenvalue weighted by Gasteiger charge is -2.14. The van der Waals surface area contributed by atoms with Crippen LogP contribution in [0.25, 0.3) is 22.0 Å². The third-order valence-corrected chi connectivity index (χ3v) is 4.54. The van der Waals surface area contributed by atoms with Gasteiger partial charge < -0.3 is 4.74 Å². The van der Waals surface area contributed by atoms with E-state index in [0.717, 1.165) is 5.56 Å². The van der Waals surface area contributed by atoms with Gasteiger partial charge in [0.05, 0.1) is 17.7 Å². The average Bonchev–Trinajstić information content (AvgIpc) is 2.59. The van der Waals surface area contributed by atoms with Gasteiger partial charge in [-0.3, -0.25) is 4.98 Å². The second-order valence-corrected chi connectivity index (χ2v) is 6.57. The molecule has 0 bridgehead atoms. The average molecular weight is 392 g/mol. The fraction of sp³-hybridized carbons (Fsp3) is 0.200. The van der Waals surface area contributed by atoms with E-state index < -0.39 is 11.8 Å². The number of halogens is 3. The predicted octanol–water partition coefficient (Wildman–Crippen LogP) is 6.09. The van der Waals surface area contributed by atoms with Crippen molar-refractivity contribution in [3.63, 3.8) is 0 Å². The second-order valence-electron chi connectivity index (χ2n) is 5.70. The van der Waals surface area contributed by atoms with Crippen molar-refractivity contribution in [2.75, 3.05) is 6.61 Å². The molecule has 1 aromatic heterocycles. The molecule has 0 atom stereocenters. The van der Waals surface area contributed by atoms with E-state index in [-0.39, 0.29) is 6.61 Å². The molecule has 2 aromatic carbocycles. The lowest BCUT2D eigenvalue weighted by Crippen LogP contribution is -2.09. The summed E-state index contributed by atoms with van der Waals surface area (Å²) in [6.07, 6.45) is 2.02. The Morgan fingerprint density at radius 3 is 2.46 bits per heavy atom. The van der Waals surface area contributed by atoms with Gasteiger partial charge in [-0.15, -0.1) is 0 Å². The zero-order chi connectivity index (χ0) is 18.8. The van der Waals surface area contributed by atoms with E-state index in [2.05, 4.69) is 4.98 Å². The van der Waals surface area contributed by atoms with Crippen LogP contribution in [-0.2, 0) is 11.2 Å². The first-order valence-corrected chi connectivity index (χ1v) is 8.95. The minimum absolute atomic E-state index is 0.274. The zero-order valence-electron chi connectivity index (χ0n) is 14.3. The maximum atomic E-state index is 14.7. The van der Waals surface area contributed by atoms with Gasteiger partial charge in [-0.05, 0) is 54.8 Å². The summed E-state index contributed by atoms with van der Waals surface area (Å²) in [5, 5.41) is 1.51. The summed E-state index contributed by atoms with van der Waals surface area (Å²) in [5.41, 5.74) is 2.45. The molecule has 0 N–H and O–H groups in total. The van der Waals surface area contributed by atoms with E-state index in [1.165, 1.54) is 12.3 Å². The highest BCUT2D eigenvalue weighted by Crippen LogP contribution is 2.35. The highest BCUT2D eigenvalue weighted by Gasteiger charge is 2.19. The molecule has 6 heteroatoms. The van der Waals surface area contributed by atoms with Gasteiger partial charge in [-0.1, -0.05) is 30.1 Å². The van der Waals surface area contributed by atoms with E-state index >= 15 is 0 Å². The van der Waals surface area contributed by atoms with Gasteiger partial charge in [0.2, 0.25) is 0 Å². The maximum absolute atomic E-state index is 14.7. The van der Waals surface area contributed by atoms with Crippen molar-refractivity contribution in [2.45, 2.75) is 20.3 Å². The maximum Gasteiger partial charge on any atom is 0.339 e. The Hall–Kier alpha value is -2.17. The molecule has 134 valence electrons. The van der Waals surface area contributed by atoms with Gasteiger partial charge in [-0.25, -0.2) is 9.18 Å². The number of hydrogen-bond acceptors (Lipinski definition) is 3. The molecule has 0 radical (unpaired) electrons. The molecular weight excluding hydrogens is 376 g/mol. The fourth-order valence-corrected chi connectivity index (χ4v) is 3.56. The minimum Gasteiger partial charge on any atom is -0.462 e. The van der Waals surface area contributed by atoms with E-state index in [1.807, 2.05) is 6.92 Å². The van der Waals surface area contributed by atoms with E-state index in [0.29, 0.717) is 44.1 Å². The Labute approximate surface area is 160 Å². The number of hydrogen-bond donors (Lipinski definition) is 0. The van der Waals surface area contributed by atoms with Crippen molar-refractivity contribution >= 4 is 40.1 Å². The Morgan fingerprint density at radius 2 is 1.85 bits per heavy atom. The number of aromatic nitrogens is 1.